The Morgan fingerprint density at radius 2 is 2.21 bits per heavy atom. The van der Waals surface area contributed by atoms with Gasteiger partial charge in [-0.25, -0.2) is 4.79 Å². The molecule has 2 rings (SSSR count). The number of benzene rings is 1. The van der Waals surface area contributed by atoms with Crippen LogP contribution in [0.2, 0.25) is 0 Å². The number of carbonyl (C=O) groups is 1. The largest absolute Gasteiger partial charge is 0.478 e. The van der Waals surface area contributed by atoms with Gasteiger partial charge in [-0.05, 0) is 53.9 Å². The minimum absolute atomic E-state index is 0.121. The molecule has 1 heterocycles. The van der Waals surface area contributed by atoms with Crippen LogP contribution in [0.4, 0.5) is 11.4 Å². The lowest BCUT2D eigenvalue weighted by molar-refractivity contribution is 0.0698. The van der Waals surface area contributed by atoms with E-state index in [9.17, 15) is 4.79 Å². The first-order valence-corrected chi connectivity index (χ1v) is 6.85. The normalized spacial score (nSPS) is 12.1. The van der Waals surface area contributed by atoms with E-state index in [0.717, 1.165) is 11.3 Å². The van der Waals surface area contributed by atoms with E-state index in [1.807, 2.05) is 31.4 Å². The highest BCUT2D eigenvalue weighted by atomic mass is 32.1. The fraction of sp³-hybridized carbons (Fsp3) is 0.214. The van der Waals surface area contributed by atoms with Crippen molar-refractivity contribution in [2.24, 2.45) is 0 Å². The summed E-state index contributed by atoms with van der Waals surface area (Å²) in [6.07, 6.45) is 0. The van der Waals surface area contributed by atoms with Gasteiger partial charge in [0.05, 0.1) is 5.56 Å². The number of hydrogen-bond acceptors (Lipinski definition) is 4. The second-order valence-corrected chi connectivity index (χ2v) is 5.26. The fourth-order valence-corrected chi connectivity index (χ4v) is 2.67. The third-order valence-corrected chi connectivity index (χ3v) is 3.75. The number of carboxylic acid groups (broad SMARTS) is 1. The zero-order valence-electron chi connectivity index (χ0n) is 10.8. The summed E-state index contributed by atoms with van der Waals surface area (Å²) in [6.45, 7) is 3.84. The minimum Gasteiger partial charge on any atom is -0.478 e. The number of nitrogens with one attached hydrogen (secondary N) is 1. The monoisotopic (exact) mass is 276 g/mol. The van der Waals surface area contributed by atoms with Crippen LogP contribution < -0.4 is 11.1 Å². The van der Waals surface area contributed by atoms with Gasteiger partial charge < -0.3 is 16.2 Å². The summed E-state index contributed by atoms with van der Waals surface area (Å²) < 4.78 is 0. The van der Waals surface area contributed by atoms with Crippen molar-refractivity contribution >= 4 is 28.7 Å². The second-order valence-electron chi connectivity index (χ2n) is 4.48. The van der Waals surface area contributed by atoms with Crippen molar-refractivity contribution in [3.63, 3.8) is 0 Å². The molecule has 5 heteroatoms. The third kappa shape index (κ3) is 2.88. The SMILES string of the molecule is Cc1cc(NC(C)c2ccsc2)cc(C(=O)O)c1N. The topological polar surface area (TPSA) is 75.3 Å². The molecule has 0 saturated heterocycles. The fourth-order valence-electron chi connectivity index (χ4n) is 1.91. The summed E-state index contributed by atoms with van der Waals surface area (Å²) in [7, 11) is 0. The smallest absolute Gasteiger partial charge is 0.337 e. The van der Waals surface area contributed by atoms with E-state index in [0.29, 0.717) is 5.69 Å². The first-order chi connectivity index (χ1) is 8.99. The lowest BCUT2D eigenvalue weighted by Crippen LogP contribution is -2.09. The van der Waals surface area contributed by atoms with Crippen LogP contribution in [0.1, 0.15) is 34.5 Å². The van der Waals surface area contributed by atoms with Crippen molar-refractivity contribution in [3.8, 4) is 0 Å². The van der Waals surface area contributed by atoms with Gasteiger partial charge in [-0.1, -0.05) is 0 Å². The van der Waals surface area contributed by atoms with E-state index in [1.54, 1.807) is 17.4 Å². The molecule has 4 nitrogen and oxygen atoms in total. The Morgan fingerprint density at radius 3 is 2.79 bits per heavy atom. The number of anilines is 2. The average Bonchev–Trinajstić information content (AvgIpc) is 2.86. The molecular weight excluding hydrogens is 260 g/mol. The number of hydrogen-bond donors (Lipinski definition) is 3. The molecule has 0 saturated carbocycles. The van der Waals surface area contributed by atoms with Crippen LogP contribution in [0.5, 0.6) is 0 Å². The molecule has 4 N–H and O–H groups in total. The van der Waals surface area contributed by atoms with Crippen LogP contribution >= 0.6 is 11.3 Å². The molecule has 1 unspecified atom stereocenters. The Morgan fingerprint density at radius 1 is 1.47 bits per heavy atom. The molecule has 0 amide bonds. The van der Waals surface area contributed by atoms with E-state index >= 15 is 0 Å². The summed E-state index contributed by atoms with van der Waals surface area (Å²) in [6, 6.07) is 5.61. The second kappa shape index (κ2) is 5.32. The van der Waals surface area contributed by atoms with Crippen molar-refractivity contribution in [1.82, 2.24) is 0 Å². The highest BCUT2D eigenvalue weighted by molar-refractivity contribution is 7.07. The van der Waals surface area contributed by atoms with Gasteiger partial charge in [-0.3, -0.25) is 0 Å². The van der Waals surface area contributed by atoms with Gasteiger partial charge in [0, 0.05) is 17.4 Å². The number of nitrogen functional groups attached to an aromatic ring is 1. The van der Waals surface area contributed by atoms with Crippen LogP contribution in [0.25, 0.3) is 0 Å². The molecule has 0 aliphatic heterocycles. The number of carboxylic acids is 1. The molecule has 0 fully saturated rings. The Labute approximate surface area is 115 Å². The molecule has 0 bridgehead atoms. The summed E-state index contributed by atoms with van der Waals surface area (Å²) in [4.78, 5) is 11.1. The molecule has 0 spiro atoms. The number of rotatable bonds is 4. The first kappa shape index (κ1) is 13.4. The minimum atomic E-state index is -1.01. The average molecular weight is 276 g/mol. The highest BCUT2D eigenvalue weighted by Gasteiger charge is 2.13. The molecule has 1 aromatic heterocycles. The van der Waals surface area contributed by atoms with Crippen LogP contribution in [-0.4, -0.2) is 11.1 Å². The predicted molar refractivity (Wildman–Crippen MR) is 78.9 cm³/mol. The van der Waals surface area contributed by atoms with E-state index in [4.69, 9.17) is 10.8 Å². The van der Waals surface area contributed by atoms with Gasteiger partial charge in [-0.2, -0.15) is 11.3 Å². The van der Waals surface area contributed by atoms with Crippen LogP contribution in [0.3, 0.4) is 0 Å². The maximum absolute atomic E-state index is 11.1. The molecule has 100 valence electrons. The van der Waals surface area contributed by atoms with Gasteiger partial charge in [0.1, 0.15) is 0 Å². The van der Waals surface area contributed by atoms with E-state index in [-0.39, 0.29) is 11.6 Å². The maximum atomic E-state index is 11.1. The molecule has 19 heavy (non-hydrogen) atoms. The Kier molecular flexibility index (Phi) is 3.76. The standard InChI is InChI=1S/C14H16N2O2S/c1-8-5-11(6-12(13(8)15)14(17)18)16-9(2)10-3-4-19-7-10/h3-7,9,16H,15H2,1-2H3,(H,17,18). The first-order valence-electron chi connectivity index (χ1n) is 5.91. The number of nitrogens with two attached hydrogens (primary N) is 1. The van der Waals surface area contributed by atoms with Crippen LogP contribution in [-0.2, 0) is 0 Å². The van der Waals surface area contributed by atoms with E-state index in [1.165, 1.54) is 5.56 Å². The summed E-state index contributed by atoms with van der Waals surface area (Å²) in [5.74, 6) is -1.01. The third-order valence-electron chi connectivity index (χ3n) is 3.04. The lowest BCUT2D eigenvalue weighted by Gasteiger charge is -2.16. The summed E-state index contributed by atoms with van der Waals surface area (Å²) in [5.41, 5.74) is 8.94. The van der Waals surface area contributed by atoms with E-state index < -0.39 is 5.97 Å². The molecular formula is C14H16N2O2S. The number of aromatic carboxylic acids is 1. The van der Waals surface area contributed by atoms with Crippen molar-refractivity contribution < 1.29 is 9.90 Å². The van der Waals surface area contributed by atoms with E-state index in [2.05, 4.69) is 10.7 Å². The Balaban J connectivity index is 2.28. The maximum Gasteiger partial charge on any atom is 0.337 e. The lowest BCUT2D eigenvalue weighted by atomic mass is 10.1. The molecule has 0 radical (unpaired) electrons. The van der Waals surface area contributed by atoms with Crippen molar-refractivity contribution in [1.29, 1.82) is 0 Å². The summed E-state index contributed by atoms with van der Waals surface area (Å²) >= 11 is 1.64. The molecule has 1 aromatic carbocycles. The molecule has 1 atom stereocenters. The van der Waals surface area contributed by atoms with Crippen molar-refractivity contribution in [2.75, 3.05) is 11.1 Å². The Bertz CT molecular complexity index is 594. The predicted octanol–water partition coefficient (Wildman–Crippen LogP) is 3.51. The molecule has 2 aromatic rings. The van der Waals surface area contributed by atoms with Crippen molar-refractivity contribution in [2.45, 2.75) is 19.9 Å². The molecule has 0 aliphatic carbocycles. The summed E-state index contributed by atoms with van der Waals surface area (Å²) in [5, 5.41) is 16.5. The zero-order chi connectivity index (χ0) is 14.0. The zero-order valence-corrected chi connectivity index (χ0v) is 11.6. The van der Waals surface area contributed by atoms with Gasteiger partial charge in [0.15, 0.2) is 0 Å². The van der Waals surface area contributed by atoms with Crippen molar-refractivity contribution in [3.05, 3.63) is 45.6 Å². The van der Waals surface area contributed by atoms with Gasteiger partial charge in [-0.15, -0.1) is 0 Å². The quantitative estimate of drug-likeness (QED) is 0.747. The van der Waals surface area contributed by atoms with Crippen LogP contribution in [0, 0.1) is 6.92 Å². The van der Waals surface area contributed by atoms with Gasteiger partial charge in [0.25, 0.3) is 0 Å². The van der Waals surface area contributed by atoms with Crippen LogP contribution in [0.15, 0.2) is 29.0 Å². The highest BCUT2D eigenvalue weighted by Crippen LogP contribution is 2.26. The Hall–Kier alpha value is -2.01. The van der Waals surface area contributed by atoms with Gasteiger partial charge in [0.2, 0.25) is 0 Å². The number of aryl methyl sites for hydroxylation is 1. The van der Waals surface area contributed by atoms with Gasteiger partial charge >= 0.3 is 5.97 Å². The number of thiophene rings is 1. The molecule has 0 aliphatic rings.